The van der Waals surface area contributed by atoms with Crippen molar-refractivity contribution < 1.29 is 4.92 Å². The monoisotopic (exact) mass is 245 g/mol. The average Bonchev–Trinajstić information content (AvgIpc) is 2.35. The molecular formula is C13H15N3O2. The smallest absolute Gasteiger partial charge is 0.284 e. The molecule has 1 aromatic rings. The minimum Gasteiger partial charge on any atom is -0.387 e. The van der Waals surface area contributed by atoms with Crippen LogP contribution in [-0.2, 0) is 0 Å². The molecule has 0 saturated carbocycles. The van der Waals surface area contributed by atoms with Gasteiger partial charge in [0.05, 0.1) is 15.7 Å². The molecule has 94 valence electrons. The fourth-order valence-electron chi connectivity index (χ4n) is 1.88. The predicted octanol–water partition coefficient (Wildman–Crippen LogP) is 0.249. The van der Waals surface area contributed by atoms with Crippen LogP contribution in [0.5, 0.6) is 0 Å². The van der Waals surface area contributed by atoms with Crippen molar-refractivity contribution in [3.63, 3.8) is 0 Å². The number of rotatable bonds is 3. The molecule has 1 N–H and O–H groups in total. The maximum atomic E-state index is 11.2. The first-order valence-corrected chi connectivity index (χ1v) is 5.65. The maximum absolute atomic E-state index is 11.2. The van der Waals surface area contributed by atoms with E-state index >= 15 is 0 Å². The average molecular weight is 245 g/mol. The van der Waals surface area contributed by atoms with E-state index in [-0.39, 0.29) is 10.6 Å². The van der Waals surface area contributed by atoms with E-state index in [4.69, 9.17) is 0 Å². The highest BCUT2D eigenvalue weighted by Crippen LogP contribution is 2.13. The number of benzene rings is 1. The first kappa shape index (κ1) is 12.2. The third-order valence-corrected chi connectivity index (χ3v) is 2.70. The number of nitrogens with zero attached hydrogens (tertiary/aromatic N) is 2. The molecule has 0 unspecified atom stereocenters. The van der Waals surface area contributed by atoms with Crippen molar-refractivity contribution in [1.82, 2.24) is 10.2 Å². The summed E-state index contributed by atoms with van der Waals surface area (Å²) in [7, 11) is 3.76. The quantitative estimate of drug-likeness (QED) is 0.612. The minimum atomic E-state index is -0.316. The molecule has 0 saturated heterocycles. The fraction of sp³-hybridized carbons (Fsp3) is 0.231. The Labute approximate surface area is 105 Å². The van der Waals surface area contributed by atoms with Crippen LogP contribution in [0.2, 0.25) is 0 Å². The van der Waals surface area contributed by atoms with Gasteiger partial charge in [-0.05, 0) is 18.3 Å². The molecule has 0 radical (unpaired) electrons. The summed E-state index contributed by atoms with van der Waals surface area (Å²) in [6.07, 6.45) is 7.22. The zero-order valence-corrected chi connectivity index (χ0v) is 10.4. The Hall–Kier alpha value is -2.30. The second kappa shape index (κ2) is 4.91. The van der Waals surface area contributed by atoms with E-state index in [2.05, 4.69) is 5.32 Å². The van der Waals surface area contributed by atoms with Crippen molar-refractivity contribution in [2.24, 2.45) is 0 Å². The summed E-state index contributed by atoms with van der Waals surface area (Å²) in [4.78, 5) is 12.8. The summed E-state index contributed by atoms with van der Waals surface area (Å²) in [6, 6.07) is 3.66. The Kier molecular flexibility index (Phi) is 3.32. The van der Waals surface area contributed by atoms with Gasteiger partial charge in [-0.25, -0.2) is 0 Å². The fourth-order valence-corrected chi connectivity index (χ4v) is 1.88. The summed E-state index contributed by atoms with van der Waals surface area (Å²) in [5.74, 6) is 0. The van der Waals surface area contributed by atoms with E-state index in [1.54, 1.807) is 18.3 Å². The van der Waals surface area contributed by atoms with E-state index in [1.165, 1.54) is 0 Å². The van der Waals surface area contributed by atoms with Gasteiger partial charge in [-0.3, -0.25) is 10.1 Å². The van der Waals surface area contributed by atoms with Crippen LogP contribution in [0.25, 0.3) is 18.4 Å². The van der Waals surface area contributed by atoms with Gasteiger partial charge < -0.3 is 10.2 Å². The lowest BCUT2D eigenvalue weighted by atomic mass is 10.1. The highest BCUT2D eigenvalue weighted by molar-refractivity contribution is 5.63. The van der Waals surface area contributed by atoms with Crippen molar-refractivity contribution in [1.29, 1.82) is 0 Å². The number of nitro benzene ring substituents is 1. The largest absolute Gasteiger partial charge is 0.387 e. The molecule has 0 amide bonds. The second-order valence-electron chi connectivity index (χ2n) is 4.30. The molecule has 1 aliphatic rings. The summed E-state index contributed by atoms with van der Waals surface area (Å²) >= 11 is 0. The van der Waals surface area contributed by atoms with E-state index in [1.807, 2.05) is 37.3 Å². The van der Waals surface area contributed by atoms with Gasteiger partial charge in [0.2, 0.25) is 0 Å². The summed E-state index contributed by atoms with van der Waals surface area (Å²) < 4.78 is 0. The van der Waals surface area contributed by atoms with E-state index < -0.39 is 0 Å². The molecule has 0 bridgehead atoms. The second-order valence-corrected chi connectivity index (χ2v) is 4.30. The van der Waals surface area contributed by atoms with Crippen LogP contribution in [0.1, 0.15) is 5.56 Å². The van der Waals surface area contributed by atoms with Crippen LogP contribution >= 0.6 is 0 Å². The maximum Gasteiger partial charge on any atom is 0.284 e. The van der Waals surface area contributed by atoms with Gasteiger partial charge in [0, 0.05) is 32.1 Å². The highest BCUT2D eigenvalue weighted by atomic mass is 16.6. The van der Waals surface area contributed by atoms with E-state index in [0.29, 0.717) is 17.3 Å². The molecule has 1 aromatic carbocycles. The van der Waals surface area contributed by atoms with E-state index in [9.17, 15) is 10.1 Å². The van der Waals surface area contributed by atoms with Crippen LogP contribution in [0.3, 0.4) is 0 Å². The van der Waals surface area contributed by atoms with Crippen LogP contribution in [0.4, 0.5) is 5.69 Å². The van der Waals surface area contributed by atoms with Gasteiger partial charge in [-0.1, -0.05) is 12.1 Å². The van der Waals surface area contributed by atoms with Crippen LogP contribution in [0, 0.1) is 10.1 Å². The SMILES string of the molecule is CN(C)/C=C/c1ccc2c(c1[N+](=O)[O-])=CCNC=2. The summed E-state index contributed by atoms with van der Waals surface area (Å²) in [6.45, 7) is 0.620. The van der Waals surface area contributed by atoms with Crippen LogP contribution in [-0.4, -0.2) is 30.5 Å². The number of hydrogen-bond acceptors (Lipinski definition) is 4. The molecule has 0 aliphatic carbocycles. The van der Waals surface area contributed by atoms with Gasteiger partial charge >= 0.3 is 0 Å². The Bertz CT molecular complexity index is 618. The molecule has 2 rings (SSSR count). The van der Waals surface area contributed by atoms with Gasteiger partial charge in [0.1, 0.15) is 0 Å². The number of fused-ring (bicyclic) bond motifs is 1. The zero-order valence-electron chi connectivity index (χ0n) is 10.4. The van der Waals surface area contributed by atoms with Crippen molar-refractivity contribution in [3.05, 3.63) is 44.4 Å². The number of nitro groups is 1. The highest BCUT2D eigenvalue weighted by Gasteiger charge is 2.15. The lowest BCUT2D eigenvalue weighted by Gasteiger charge is -2.07. The zero-order chi connectivity index (χ0) is 13.1. The molecule has 1 aliphatic heterocycles. The van der Waals surface area contributed by atoms with Crippen molar-refractivity contribution >= 4 is 24.0 Å². The lowest BCUT2D eigenvalue weighted by molar-refractivity contribution is -0.386. The molecule has 0 aromatic heterocycles. The number of nitrogens with one attached hydrogen (secondary N) is 1. The van der Waals surface area contributed by atoms with Gasteiger partial charge in [0.25, 0.3) is 5.69 Å². The Morgan fingerprint density at radius 1 is 1.44 bits per heavy atom. The lowest BCUT2D eigenvalue weighted by Crippen LogP contribution is -2.35. The van der Waals surface area contributed by atoms with Gasteiger partial charge in [-0.15, -0.1) is 0 Å². The third kappa shape index (κ3) is 2.34. The summed E-state index contributed by atoms with van der Waals surface area (Å²) in [5.41, 5.74) is 0.794. The topological polar surface area (TPSA) is 58.4 Å². The van der Waals surface area contributed by atoms with Crippen molar-refractivity contribution in [2.75, 3.05) is 20.6 Å². The molecule has 0 atom stereocenters. The standard InChI is InChI=1S/C13H15N3O2/c1-15(2)8-6-10-3-4-11-9-14-7-5-12(11)13(10)16(17)18/h3-6,8-9,14H,7H2,1-2H3/b8-6+. The molecule has 5 nitrogen and oxygen atoms in total. The van der Waals surface area contributed by atoms with Crippen LogP contribution < -0.4 is 15.8 Å². The Morgan fingerprint density at radius 2 is 2.22 bits per heavy atom. The van der Waals surface area contributed by atoms with Gasteiger partial charge in [-0.2, -0.15) is 0 Å². The van der Waals surface area contributed by atoms with Gasteiger partial charge in [0.15, 0.2) is 0 Å². The molecule has 0 spiro atoms. The minimum absolute atomic E-state index is 0.170. The van der Waals surface area contributed by atoms with Crippen molar-refractivity contribution in [3.8, 4) is 0 Å². The van der Waals surface area contributed by atoms with Crippen LogP contribution in [0.15, 0.2) is 18.3 Å². The third-order valence-electron chi connectivity index (χ3n) is 2.70. The molecule has 1 heterocycles. The van der Waals surface area contributed by atoms with Crippen molar-refractivity contribution in [2.45, 2.75) is 0 Å². The Morgan fingerprint density at radius 3 is 2.89 bits per heavy atom. The molecule has 5 heteroatoms. The molecular weight excluding hydrogens is 230 g/mol. The normalized spacial score (nSPS) is 13.2. The first-order valence-electron chi connectivity index (χ1n) is 5.65. The number of hydrogen-bond donors (Lipinski definition) is 1. The Balaban J connectivity index is 2.66. The molecule has 0 fully saturated rings. The summed E-state index contributed by atoms with van der Waals surface area (Å²) in [5, 5.41) is 15.8. The van der Waals surface area contributed by atoms with E-state index in [0.717, 1.165) is 5.22 Å². The molecule has 18 heavy (non-hydrogen) atoms. The first-order chi connectivity index (χ1) is 8.59. The predicted molar refractivity (Wildman–Crippen MR) is 72.0 cm³/mol.